The summed E-state index contributed by atoms with van der Waals surface area (Å²) < 4.78 is 12.7. The maximum absolute atomic E-state index is 9.70. The third-order valence-corrected chi connectivity index (χ3v) is 4.48. The van der Waals surface area contributed by atoms with Crippen molar-refractivity contribution in [2.45, 2.75) is 25.6 Å². The highest BCUT2D eigenvalue weighted by molar-refractivity contribution is 6.28. The molecule has 1 aliphatic rings. The fraction of sp³-hybridized carbons (Fsp3) is 0.353. The molecule has 1 aromatic carbocycles. The SMILES string of the molecule is COc1cc(CNc2nc(Cl)nc3c2ncn3C2CCCO2)ccc1O. The Hall–Kier alpha value is -2.58. The van der Waals surface area contributed by atoms with Crippen LogP contribution in [0.1, 0.15) is 24.6 Å². The Balaban J connectivity index is 1.62. The first-order chi connectivity index (χ1) is 12.7. The lowest BCUT2D eigenvalue weighted by atomic mass is 10.2. The van der Waals surface area contributed by atoms with Crippen molar-refractivity contribution in [1.82, 2.24) is 19.5 Å². The van der Waals surface area contributed by atoms with Crippen LogP contribution in [0.3, 0.4) is 0 Å². The van der Waals surface area contributed by atoms with Gasteiger partial charge in [0.05, 0.1) is 13.4 Å². The van der Waals surface area contributed by atoms with Gasteiger partial charge in [-0.1, -0.05) is 6.07 Å². The standard InChI is InChI=1S/C17H18ClN5O3/c1-25-12-7-10(4-5-11(12)24)8-19-15-14-16(22-17(18)21-15)23(9-20-14)13-3-2-6-26-13/h4-5,7,9,13,24H,2-3,6,8H2,1H3,(H,19,21,22). The van der Waals surface area contributed by atoms with Crippen molar-refractivity contribution in [1.29, 1.82) is 0 Å². The number of nitrogens with one attached hydrogen (secondary N) is 1. The number of anilines is 1. The molecule has 0 aliphatic carbocycles. The number of ether oxygens (including phenoxy) is 2. The van der Waals surface area contributed by atoms with Crippen LogP contribution >= 0.6 is 11.6 Å². The van der Waals surface area contributed by atoms with E-state index in [4.69, 9.17) is 21.1 Å². The van der Waals surface area contributed by atoms with Crippen LogP contribution in [0.25, 0.3) is 11.2 Å². The van der Waals surface area contributed by atoms with E-state index in [-0.39, 0.29) is 17.3 Å². The van der Waals surface area contributed by atoms with Gasteiger partial charge < -0.3 is 19.9 Å². The molecule has 136 valence electrons. The van der Waals surface area contributed by atoms with Crippen LogP contribution in [0.15, 0.2) is 24.5 Å². The van der Waals surface area contributed by atoms with Crippen LogP contribution in [0.4, 0.5) is 5.82 Å². The van der Waals surface area contributed by atoms with Gasteiger partial charge in [0.1, 0.15) is 6.23 Å². The molecule has 1 saturated heterocycles. The molecule has 2 N–H and O–H groups in total. The van der Waals surface area contributed by atoms with Gasteiger partial charge in [-0.2, -0.15) is 9.97 Å². The van der Waals surface area contributed by atoms with Gasteiger partial charge in [0.15, 0.2) is 28.5 Å². The number of aromatic hydroxyl groups is 1. The summed E-state index contributed by atoms with van der Waals surface area (Å²) in [5, 5.41) is 13.1. The summed E-state index contributed by atoms with van der Waals surface area (Å²) in [6.45, 7) is 1.20. The number of phenols is 1. The van der Waals surface area contributed by atoms with Crippen LogP contribution in [-0.2, 0) is 11.3 Å². The zero-order chi connectivity index (χ0) is 18.1. The summed E-state index contributed by atoms with van der Waals surface area (Å²) in [6.07, 6.45) is 3.57. The molecule has 8 nitrogen and oxygen atoms in total. The second-order valence-electron chi connectivity index (χ2n) is 5.99. The quantitative estimate of drug-likeness (QED) is 0.661. The Bertz CT molecular complexity index is 940. The smallest absolute Gasteiger partial charge is 0.226 e. The highest BCUT2D eigenvalue weighted by Gasteiger charge is 2.22. The minimum atomic E-state index is -0.0693. The van der Waals surface area contributed by atoms with E-state index in [1.54, 1.807) is 24.5 Å². The lowest BCUT2D eigenvalue weighted by molar-refractivity contribution is 0.0593. The maximum Gasteiger partial charge on any atom is 0.226 e. The van der Waals surface area contributed by atoms with E-state index in [1.165, 1.54) is 7.11 Å². The van der Waals surface area contributed by atoms with Gasteiger partial charge in [-0.15, -0.1) is 0 Å². The van der Waals surface area contributed by atoms with E-state index in [1.807, 2.05) is 4.57 Å². The van der Waals surface area contributed by atoms with Gasteiger partial charge in [-0.3, -0.25) is 4.57 Å². The number of hydrogen-bond donors (Lipinski definition) is 2. The summed E-state index contributed by atoms with van der Waals surface area (Å²) in [5.41, 5.74) is 2.19. The molecule has 1 unspecified atom stereocenters. The zero-order valence-corrected chi connectivity index (χ0v) is 14.9. The first-order valence-electron chi connectivity index (χ1n) is 8.27. The van der Waals surface area contributed by atoms with E-state index >= 15 is 0 Å². The first kappa shape index (κ1) is 16.9. The lowest BCUT2D eigenvalue weighted by Gasteiger charge is -2.12. The number of halogens is 1. The van der Waals surface area contributed by atoms with Crippen LogP contribution in [0.5, 0.6) is 11.5 Å². The van der Waals surface area contributed by atoms with Gasteiger partial charge in [0, 0.05) is 13.2 Å². The average molecular weight is 376 g/mol. The molecular weight excluding hydrogens is 358 g/mol. The van der Waals surface area contributed by atoms with Gasteiger partial charge in [0.25, 0.3) is 0 Å². The van der Waals surface area contributed by atoms with Crippen molar-refractivity contribution in [2.24, 2.45) is 0 Å². The topological polar surface area (TPSA) is 94.3 Å². The van der Waals surface area contributed by atoms with Crippen molar-refractivity contribution in [3.63, 3.8) is 0 Å². The van der Waals surface area contributed by atoms with Gasteiger partial charge in [-0.25, -0.2) is 4.98 Å². The summed E-state index contributed by atoms with van der Waals surface area (Å²) in [5.74, 6) is 1.06. The van der Waals surface area contributed by atoms with E-state index in [9.17, 15) is 5.11 Å². The molecule has 9 heteroatoms. The highest BCUT2D eigenvalue weighted by atomic mass is 35.5. The number of hydrogen-bond acceptors (Lipinski definition) is 7. The fourth-order valence-electron chi connectivity index (χ4n) is 3.02. The Morgan fingerprint density at radius 2 is 2.31 bits per heavy atom. The average Bonchev–Trinajstić information content (AvgIpc) is 3.29. The predicted molar refractivity (Wildman–Crippen MR) is 96.5 cm³/mol. The number of aromatic nitrogens is 4. The number of phenolic OH excluding ortho intramolecular Hbond substituents is 1. The monoisotopic (exact) mass is 375 g/mol. The maximum atomic E-state index is 9.70. The van der Waals surface area contributed by atoms with Crippen molar-refractivity contribution >= 4 is 28.6 Å². The molecule has 0 radical (unpaired) electrons. The van der Waals surface area contributed by atoms with E-state index in [0.717, 1.165) is 25.0 Å². The molecule has 26 heavy (non-hydrogen) atoms. The first-order valence-corrected chi connectivity index (χ1v) is 8.65. The third kappa shape index (κ3) is 3.13. The Labute approximate surface area is 154 Å². The number of fused-ring (bicyclic) bond motifs is 1. The molecule has 3 aromatic rings. The van der Waals surface area contributed by atoms with Gasteiger partial charge in [-0.05, 0) is 42.1 Å². The lowest BCUT2D eigenvalue weighted by Crippen LogP contribution is -2.08. The molecular formula is C17H18ClN5O3. The highest BCUT2D eigenvalue weighted by Crippen LogP contribution is 2.30. The van der Waals surface area contributed by atoms with Crippen LogP contribution in [0.2, 0.25) is 5.28 Å². The number of benzene rings is 1. The van der Waals surface area contributed by atoms with Gasteiger partial charge >= 0.3 is 0 Å². The summed E-state index contributed by atoms with van der Waals surface area (Å²) >= 11 is 6.11. The number of rotatable bonds is 5. The minimum absolute atomic E-state index is 0.0693. The molecule has 3 heterocycles. The molecule has 0 amide bonds. The van der Waals surface area contributed by atoms with Crippen molar-refractivity contribution in [3.05, 3.63) is 35.4 Å². The summed E-state index contributed by atoms with van der Waals surface area (Å²) in [6, 6.07) is 5.15. The second kappa shape index (κ2) is 6.97. The number of imidazole rings is 1. The van der Waals surface area contributed by atoms with E-state index in [0.29, 0.717) is 29.3 Å². The minimum Gasteiger partial charge on any atom is -0.504 e. The molecule has 1 aliphatic heterocycles. The Morgan fingerprint density at radius 3 is 3.08 bits per heavy atom. The normalized spacial score (nSPS) is 16.9. The predicted octanol–water partition coefficient (Wildman–Crippen LogP) is 3.12. The summed E-state index contributed by atoms with van der Waals surface area (Å²) in [7, 11) is 1.51. The van der Waals surface area contributed by atoms with Crippen LogP contribution < -0.4 is 10.1 Å². The van der Waals surface area contributed by atoms with Gasteiger partial charge in [0.2, 0.25) is 5.28 Å². The van der Waals surface area contributed by atoms with Crippen molar-refractivity contribution < 1.29 is 14.6 Å². The van der Waals surface area contributed by atoms with Crippen LogP contribution in [-0.4, -0.2) is 38.3 Å². The number of nitrogens with zero attached hydrogens (tertiary/aromatic N) is 4. The van der Waals surface area contributed by atoms with Crippen molar-refractivity contribution in [3.8, 4) is 11.5 Å². The Morgan fingerprint density at radius 1 is 1.42 bits per heavy atom. The van der Waals surface area contributed by atoms with Crippen LogP contribution in [0, 0.1) is 0 Å². The molecule has 0 bridgehead atoms. The molecule has 0 spiro atoms. The number of methoxy groups -OCH3 is 1. The molecule has 1 fully saturated rings. The largest absolute Gasteiger partial charge is 0.504 e. The Kier molecular flexibility index (Phi) is 4.52. The third-order valence-electron chi connectivity index (χ3n) is 4.31. The fourth-order valence-corrected chi connectivity index (χ4v) is 3.19. The van der Waals surface area contributed by atoms with Crippen molar-refractivity contribution in [2.75, 3.05) is 19.0 Å². The molecule has 0 saturated carbocycles. The van der Waals surface area contributed by atoms with E-state index in [2.05, 4.69) is 20.3 Å². The van der Waals surface area contributed by atoms with E-state index < -0.39 is 0 Å². The zero-order valence-electron chi connectivity index (χ0n) is 14.1. The molecule has 1 atom stereocenters. The second-order valence-corrected chi connectivity index (χ2v) is 6.33. The molecule has 4 rings (SSSR count). The summed E-state index contributed by atoms with van der Waals surface area (Å²) in [4.78, 5) is 13.0. The molecule has 2 aromatic heterocycles.